The van der Waals surface area contributed by atoms with E-state index in [0.29, 0.717) is 11.8 Å². The first kappa shape index (κ1) is 11.9. The zero-order chi connectivity index (χ0) is 11.7. The van der Waals surface area contributed by atoms with Gasteiger partial charge in [0.25, 0.3) is 0 Å². The summed E-state index contributed by atoms with van der Waals surface area (Å²) in [6.07, 6.45) is 3.63. The topological polar surface area (TPSA) is 56.5 Å². The fraction of sp³-hybridized carbons (Fsp3) is 0.833. The summed E-state index contributed by atoms with van der Waals surface area (Å²) < 4.78 is 11.5. The van der Waals surface area contributed by atoms with Gasteiger partial charge in [-0.3, -0.25) is 5.84 Å². The first-order valence-electron chi connectivity index (χ1n) is 6.09. The van der Waals surface area contributed by atoms with Gasteiger partial charge in [0.05, 0.1) is 24.9 Å². The first-order chi connectivity index (χ1) is 7.65. The van der Waals surface area contributed by atoms with Gasteiger partial charge >= 0.3 is 0 Å². The Hall–Kier alpha value is -0.580. The summed E-state index contributed by atoms with van der Waals surface area (Å²) in [6.45, 7) is 7.24. The van der Waals surface area contributed by atoms with Crippen LogP contribution in [0.2, 0.25) is 0 Å². The number of rotatable bonds is 3. The lowest BCUT2D eigenvalue weighted by molar-refractivity contribution is 0.0463. The van der Waals surface area contributed by atoms with Crippen LogP contribution in [0.15, 0.2) is 11.8 Å². The molecule has 4 heteroatoms. The predicted octanol–water partition coefficient (Wildman–Crippen LogP) is 1.18. The lowest BCUT2D eigenvalue weighted by Gasteiger charge is -2.28. The average molecular weight is 226 g/mol. The minimum Gasteiger partial charge on any atom is -0.496 e. The van der Waals surface area contributed by atoms with Crippen LogP contribution in [-0.2, 0) is 9.47 Å². The molecule has 2 aliphatic heterocycles. The van der Waals surface area contributed by atoms with Gasteiger partial charge in [-0.05, 0) is 25.8 Å². The van der Waals surface area contributed by atoms with Gasteiger partial charge in [0.2, 0.25) is 0 Å². The number of hydrazine groups is 1. The summed E-state index contributed by atoms with van der Waals surface area (Å²) in [5, 5.41) is 0. The molecule has 0 amide bonds. The number of hydrogen-bond donors (Lipinski definition) is 2. The largest absolute Gasteiger partial charge is 0.496 e. The second kappa shape index (κ2) is 4.73. The standard InChI is InChI=1S/C12H22N2O2/c1-7-8(2)16-9(3)11(7)12(14-13)10-5-4-6-15-10/h5,7-9,11-12,14H,4,6,13H2,1-3H3. The van der Waals surface area contributed by atoms with Crippen LogP contribution >= 0.6 is 0 Å². The van der Waals surface area contributed by atoms with E-state index in [4.69, 9.17) is 15.3 Å². The zero-order valence-electron chi connectivity index (χ0n) is 10.3. The summed E-state index contributed by atoms with van der Waals surface area (Å²) in [5.41, 5.74) is 2.89. The Morgan fingerprint density at radius 3 is 2.56 bits per heavy atom. The van der Waals surface area contributed by atoms with E-state index < -0.39 is 0 Å². The average Bonchev–Trinajstić information content (AvgIpc) is 2.84. The van der Waals surface area contributed by atoms with Crippen molar-refractivity contribution < 1.29 is 9.47 Å². The second-order valence-electron chi connectivity index (χ2n) is 4.87. The van der Waals surface area contributed by atoms with E-state index in [1.165, 1.54) is 0 Å². The first-order valence-corrected chi connectivity index (χ1v) is 6.09. The van der Waals surface area contributed by atoms with Crippen LogP contribution in [-0.4, -0.2) is 24.9 Å². The van der Waals surface area contributed by atoms with Crippen molar-refractivity contribution in [1.29, 1.82) is 0 Å². The molecule has 5 unspecified atom stereocenters. The molecule has 0 aromatic rings. The van der Waals surface area contributed by atoms with Crippen molar-refractivity contribution in [1.82, 2.24) is 5.43 Å². The van der Waals surface area contributed by atoms with E-state index in [1.54, 1.807) is 0 Å². The van der Waals surface area contributed by atoms with Gasteiger partial charge in [-0.2, -0.15) is 0 Å². The molecule has 0 saturated carbocycles. The normalized spacial score (nSPS) is 40.6. The molecule has 1 saturated heterocycles. The Morgan fingerprint density at radius 1 is 1.38 bits per heavy atom. The van der Waals surface area contributed by atoms with E-state index in [0.717, 1.165) is 18.8 Å². The van der Waals surface area contributed by atoms with Crippen LogP contribution < -0.4 is 11.3 Å². The highest BCUT2D eigenvalue weighted by Gasteiger charge is 2.43. The molecule has 92 valence electrons. The molecular weight excluding hydrogens is 204 g/mol. The summed E-state index contributed by atoms with van der Waals surface area (Å²) in [5.74, 6) is 7.53. The Morgan fingerprint density at radius 2 is 2.12 bits per heavy atom. The maximum Gasteiger partial charge on any atom is 0.111 e. The molecule has 4 nitrogen and oxygen atoms in total. The molecule has 0 aliphatic carbocycles. The van der Waals surface area contributed by atoms with Crippen molar-refractivity contribution in [3.8, 4) is 0 Å². The summed E-state index contributed by atoms with van der Waals surface area (Å²) in [7, 11) is 0. The van der Waals surface area contributed by atoms with Gasteiger partial charge in [0.1, 0.15) is 5.76 Å². The van der Waals surface area contributed by atoms with Crippen molar-refractivity contribution in [2.24, 2.45) is 17.7 Å². The third-order valence-corrected chi connectivity index (χ3v) is 3.92. The predicted molar refractivity (Wildman–Crippen MR) is 62.4 cm³/mol. The molecule has 16 heavy (non-hydrogen) atoms. The smallest absolute Gasteiger partial charge is 0.111 e. The van der Waals surface area contributed by atoms with E-state index in [9.17, 15) is 0 Å². The van der Waals surface area contributed by atoms with Crippen molar-refractivity contribution in [2.45, 2.75) is 45.4 Å². The van der Waals surface area contributed by atoms with E-state index in [-0.39, 0.29) is 18.2 Å². The summed E-state index contributed by atoms with van der Waals surface area (Å²) in [4.78, 5) is 0. The number of ether oxygens (including phenoxy) is 2. The third kappa shape index (κ3) is 1.97. The Balaban J connectivity index is 2.14. The number of nitrogens with two attached hydrogens (primary N) is 1. The van der Waals surface area contributed by atoms with Crippen molar-refractivity contribution in [3.63, 3.8) is 0 Å². The minimum absolute atomic E-state index is 0.0810. The third-order valence-electron chi connectivity index (χ3n) is 3.92. The highest BCUT2D eigenvalue weighted by atomic mass is 16.5. The van der Waals surface area contributed by atoms with Crippen LogP contribution in [0.25, 0.3) is 0 Å². The molecule has 2 rings (SSSR count). The van der Waals surface area contributed by atoms with Crippen LogP contribution in [0.1, 0.15) is 27.2 Å². The second-order valence-corrected chi connectivity index (χ2v) is 4.87. The molecular formula is C12H22N2O2. The van der Waals surface area contributed by atoms with Gasteiger partial charge < -0.3 is 9.47 Å². The van der Waals surface area contributed by atoms with Gasteiger partial charge in [0.15, 0.2) is 0 Å². The minimum atomic E-state index is 0.0810. The number of hydrogen-bond acceptors (Lipinski definition) is 4. The Kier molecular flexibility index (Phi) is 3.52. The lowest BCUT2D eigenvalue weighted by Crippen LogP contribution is -2.46. The molecule has 0 radical (unpaired) electrons. The van der Waals surface area contributed by atoms with Crippen LogP contribution in [0.5, 0.6) is 0 Å². The van der Waals surface area contributed by atoms with E-state index in [1.807, 2.05) is 0 Å². The van der Waals surface area contributed by atoms with Gasteiger partial charge in [-0.15, -0.1) is 0 Å². The fourth-order valence-electron chi connectivity index (χ4n) is 2.90. The molecule has 0 spiro atoms. The molecule has 2 aliphatic rings. The monoisotopic (exact) mass is 226 g/mol. The molecule has 0 aromatic heterocycles. The SMILES string of the molecule is CC1OC(C)C(C(NN)C2=CCCO2)C1C. The molecule has 2 heterocycles. The van der Waals surface area contributed by atoms with Gasteiger partial charge in [-0.1, -0.05) is 6.92 Å². The number of nitrogens with one attached hydrogen (secondary N) is 1. The molecule has 3 N–H and O–H groups in total. The van der Waals surface area contributed by atoms with Crippen LogP contribution in [0.3, 0.4) is 0 Å². The van der Waals surface area contributed by atoms with Crippen molar-refractivity contribution >= 4 is 0 Å². The summed E-state index contributed by atoms with van der Waals surface area (Å²) in [6, 6.07) is 0.0810. The van der Waals surface area contributed by atoms with E-state index in [2.05, 4.69) is 32.3 Å². The molecule has 1 fully saturated rings. The van der Waals surface area contributed by atoms with Crippen molar-refractivity contribution in [2.75, 3.05) is 6.61 Å². The zero-order valence-corrected chi connectivity index (χ0v) is 10.3. The van der Waals surface area contributed by atoms with Gasteiger partial charge in [-0.25, -0.2) is 5.43 Å². The Labute approximate surface area is 97.1 Å². The highest BCUT2D eigenvalue weighted by molar-refractivity contribution is 5.11. The lowest BCUT2D eigenvalue weighted by atomic mass is 9.83. The molecule has 0 bridgehead atoms. The van der Waals surface area contributed by atoms with Crippen molar-refractivity contribution in [3.05, 3.63) is 11.8 Å². The fourth-order valence-corrected chi connectivity index (χ4v) is 2.90. The molecule has 5 atom stereocenters. The summed E-state index contributed by atoms with van der Waals surface area (Å²) >= 11 is 0. The highest BCUT2D eigenvalue weighted by Crippen LogP contribution is 2.37. The maximum atomic E-state index is 5.85. The van der Waals surface area contributed by atoms with E-state index >= 15 is 0 Å². The van der Waals surface area contributed by atoms with Crippen LogP contribution in [0, 0.1) is 11.8 Å². The maximum absolute atomic E-state index is 5.85. The quantitative estimate of drug-likeness (QED) is 0.560. The van der Waals surface area contributed by atoms with Gasteiger partial charge in [0, 0.05) is 12.3 Å². The van der Waals surface area contributed by atoms with Crippen LogP contribution in [0.4, 0.5) is 0 Å². The molecule has 0 aromatic carbocycles. The Bertz CT molecular complexity index is 280.